The average molecular weight is 542 g/mol. The number of aromatic nitrogens is 1. The lowest BCUT2D eigenvalue weighted by Crippen LogP contribution is -2.47. The topological polar surface area (TPSA) is 80.2 Å². The predicted molar refractivity (Wildman–Crippen MR) is 136 cm³/mol. The molecule has 2 aliphatic heterocycles. The van der Waals surface area contributed by atoms with Crippen LogP contribution in [0.5, 0.6) is 0 Å². The molecule has 2 atom stereocenters. The Morgan fingerprint density at radius 2 is 1.83 bits per heavy atom. The molecule has 1 aromatic heterocycles. The smallest absolute Gasteiger partial charge is 0.327 e. The second kappa shape index (κ2) is 9.36. The van der Waals surface area contributed by atoms with E-state index in [0.29, 0.717) is 28.5 Å². The van der Waals surface area contributed by atoms with Gasteiger partial charge in [-0.2, -0.15) is 8.42 Å². The second-order valence-electron chi connectivity index (χ2n) is 9.95. The first kappa shape index (κ1) is 25.6. The van der Waals surface area contributed by atoms with E-state index in [4.69, 9.17) is 11.6 Å². The number of pyridine rings is 1. The van der Waals surface area contributed by atoms with Crippen LogP contribution in [-0.4, -0.2) is 86.7 Å². The summed E-state index contributed by atoms with van der Waals surface area (Å²) in [5.74, 6) is -3.60. The molecule has 3 heterocycles. The molecule has 36 heavy (non-hydrogen) atoms. The number of piperazine rings is 1. The van der Waals surface area contributed by atoms with Crippen LogP contribution in [-0.2, 0) is 16.8 Å². The monoisotopic (exact) mass is 541 g/mol. The molecule has 196 valence electrons. The molecule has 12 heteroatoms. The molecule has 2 fully saturated rings. The van der Waals surface area contributed by atoms with E-state index in [1.54, 1.807) is 19.1 Å². The zero-order valence-electron chi connectivity index (χ0n) is 20.2. The highest BCUT2D eigenvalue weighted by Crippen LogP contribution is 2.51. The minimum Gasteiger partial charge on any atom is -0.392 e. The number of fused-ring (bicyclic) bond motifs is 1. The van der Waals surface area contributed by atoms with Crippen LogP contribution in [0.3, 0.4) is 0 Å². The Kier molecular flexibility index (Phi) is 6.65. The van der Waals surface area contributed by atoms with E-state index >= 15 is 0 Å². The molecule has 5 rings (SSSR count). The van der Waals surface area contributed by atoms with Gasteiger partial charge >= 0.3 is 10.2 Å². The Balaban J connectivity index is 1.35. The molecule has 1 aromatic carbocycles. The summed E-state index contributed by atoms with van der Waals surface area (Å²) in [5, 5.41) is 10.1. The van der Waals surface area contributed by atoms with Gasteiger partial charge < -0.3 is 5.11 Å². The highest BCUT2D eigenvalue weighted by atomic mass is 35.5. The van der Waals surface area contributed by atoms with Gasteiger partial charge in [0, 0.05) is 75.8 Å². The normalized spacial score (nSPS) is 24.1. The molecule has 0 radical (unpaired) electrons. The van der Waals surface area contributed by atoms with Crippen LogP contribution in [0.1, 0.15) is 18.9 Å². The summed E-state index contributed by atoms with van der Waals surface area (Å²) in [6, 6.07) is 9.04. The predicted octanol–water partition coefficient (Wildman–Crippen LogP) is 3.06. The first-order valence-electron chi connectivity index (χ1n) is 12.0. The number of aliphatic hydroxyl groups is 1. The standard InChI is InChI=1S/C24H30ClF2N5O3S/c1-16(33)13-30-7-9-31(10-8-30)14-17-3-4-20(25)19(11-17)21-5-6-22-23(28-21)29(2)36(34,35)32(22)15-18-12-24(18,26)27/h3-6,11,16,18,33H,7-10,12-15H2,1-2H3. The van der Waals surface area contributed by atoms with Crippen molar-refractivity contribution in [3.05, 3.63) is 40.9 Å². The molecule has 1 N–H and O–H groups in total. The van der Waals surface area contributed by atoms with E-state index in [0.717, 1.165) is 46.9 Å². The fourth-order valence-electron chi connectivity index (χ4n) is 4.89. The van der Waals surface area contributed by atoms with Gasteiger partial charge in [-0.25, -0.2) is 22.4 Å². The molecule has 3 aliphatic rings. The highest BCUT2D eigenvalue weighted by Gasteiger charge is 2.59. The van der Waals surface area contributed by atoms with Crippen molar-refractivity contribution in [2.45, 2.75) is 31.9 Å². The molecule has 0 spiro atoms. The van der Waals surface area contributed by atoms with Crippen molar-refractivity contribution in [1.29, 1.82) is 0 Å². The van der Waals surface area contributed by atoms with Crippen molar-refractivity contribution < 1.29 is 22.3 Å². The van der Waals surface area contributed by atoms with Gasteiger partial charge in [0.2, 0.25) is 0 Å². The zero-order chi connectivity index (χ0) is 25.8. The molecular formula is C24H30ClF2N5O3S. The van der Waals surface area contributed by atoms with Gasteiger partial charge in [-0.15, -0.1) is 0 Å². The number of hydrogen-bond acceptors (Lipinski definition) is 6. The van der Waals surface area contributed by atoms with Crippen LogP contribution in [0.15, 0.2) is 30.3 Å². The van der Waals surface area contributed by atoms with Crippen LogP contribution >= 0.6 is 11.6 Å². The molecular weight excluding hydrogens is 512 g/mol. The minimum atomic E-state index is -3.97. The van der Waals surface area contributed by atoms with Crippen molar-refractivity contribution in [1.82, 2.24) is 14.8 Å². The summed E-state index contributed by atoms with van der Waals surface area (Å²) in [6.45, 7) is 6.49. The van der Waals surface area contributed by atoms with Crippen molar-refractivity contribution in [3.8, 4) is 11.3 Å². The summed E-state index contributed by atoms with van der Waals surface area (Å²) in [7, 11) is -2.59. The summed E-state index contributed by atoms with van der Waals surface area (Å²) in [6.07, 6.45) is -0.646. The quantitative estimate of drug-likeness (QED) is 0.580. The molecule has 2 unspecified atom stereocenters. The van der Waals surface area contributed by atoms with Gasteiger partial charge in [0.05, 0.1) is 17.5 Å². The van der Waals surface area contributed by atoms with E-state index in [1.807, 2.05) is 18.2 Å². The number of halogens is 3. The zero-order valence-corrected chi connectivity index (χ0v) is 21.8. The molecule has 2 aromatic rings. The van der Waals surface area contributed by atoms with Gasteiger partial charge in [0.15, 0.2) is 5.82 Å². The maximum Gasteiger partial charge on any atom is 0.327 e. The van der Waals surface area contributed by atoms with E-state index in [-0.39, 0.29) is 24.9 Å². The van der Waals surface area contributed by atoms with Crippen LogP contribution < -0.4 is 8.61 Å². The number of nitrogens with zero attached hydrogens (tertiary/aromatic N) is 5. The van der Waals surface area contributed by atoms with Crippen molar-refractivity contribution in [3.63, 3.8) is 0 Å². The number of aliphatic hydroxyl groups excluding tert-OH is 1. The van der Waals surface area contributed by atoms with E-state index in [9.17, 15) is 22.3 Å². The Bertz CT molecular complexity index is 1250. The third-order valence-corrected chi connectivity index (χ3v) is 9.19. The molecule has 0 amide bonds. The summed E-state index contributed by atoms with van der Waals surface area (Å²) in [5.41, 5.74) is 2.55. The van der Waals surface area contributed by atoms with Crippen LogP contribution in [0.4, 0.5) is 20.3 Å². The Labute approximate surface area is 215 Å². The molecule has 1 saturated heterocycles. The number of rotatable bonds is 7. The van der Waals surface area contributed by atoms with Crippen LogP contribution in [0, 0.1) is 5.92 Å². The number of alkyl halides is 2. The maximum atomic E-state index is 13.5. The third-order valence-electron chi connectivity index (χ3n) is 7.09. The number of benzene rings is 1. The summed E-state index contributed by atoms with van der Waals surface area (Å²) >= 11 is 6.51. The first-order chi connectivity index (χ1) is 17.0. The fraction of sp³-hybridized carbons (Fsp3) is 0.542. The van der Waals surface area contributed by atoms with Gasteiger partial charge in [-0.05, 0) is 36.8 Å². The number of hydrogen-bond donors (Lipinski definition) is 1. The number of anilines is 2. The largest absolute Gasteiger partial charge is 0.392 e. The summed E-state index contributed by atoms with van der Waals surface area (Å²) < 4.78 is 54.9. The Morgan fingerprint density at radius 1 is 1.17 bits per heavy atom. The Hall–Kier alpha value is -2.05. The van der Waals surface area contributed by atoms with Gasteiger partial charge in [-0.3, -0.25) is 9.80 Å². The molecule has 1 aliphatic carbocycles. The SMILES string of the molecule is CC(O)CN1CCN(Cc2ccc(Cl)c(-c3ccc4c(n3)N(C)S(=O)(=O)N4CC3CC3(F)F)c2)CC1. The number of β-amino-alcohol motifs (C(OH)–C–C–N with tert-alkyl or cyclic N) is 1. The average Bonchev–Trinajstić information content (AvgIpc) is 3.38. The lowest BCUT2D eigenvalue weighted by Gasteiger charge is -2.35. The fourth-order valence-corrected chi connectivity index (χ4v) is 6.51. The summed E-state index contributed by atoms with van der Waals surface area (Å²) in [4.78, 5) is 9.18. The van der Waals surface area contributed by atoms with Crippen LogP contribution in [0.2, 0.25) is 5.02 Å². The Morgan fingerprint density at radius 3 is 2.47 bits per heavy atom. The van der Waals surface area contributed by atoms with Crippen LogP contribution in [0.25, 0.3) is 11.3 Å². The van der Waals surface area contributed by atoms with Crippen molar-refractivity contribution >= 4 is 33.3 Å². The van der Waals surface area contributed by atoms with Crippen molar-refractivity contribution in [2.24, 2.45) is 5.92 Å². The lowest BCUT2D eigenvalue weighted by atomic mass is 10.1. The maximum absolute atomic E-state index is 13.5. The molecule has 0 bridgehead atoms. The van der Waals surface area contributed by atoms with E-state index in [1.165, 1.54) is 7.05 Å². The van der Waals surface area contributed by atoms with Gasteiger partial charge in [-0.1, -0.05) is 17.7 Å². The van der Waals surface area contributed by atoms with E-state index in [2.05, 4.69) is 14.8 Å². The second-order valence-corrected chi connectivity index (χ2v) is 12.2. The molecule has 8 nitrogen and oxygen atoms in total. The highest BCUT2D eigenvalue weighted by molar-refractivity contribution is 7.94. The lowest BCUT2D eigenvalue weighted by molar-refractivity contribution is 0.0781. The van der Waals surface area contributed by atoms with E-state index < -0.39 is 22.0 Å². The van der Waals surface area contributed by atoms with Gasteiger partial charge in [0.25, 0.3) is 5.92 Å². The van der Waals surface area contributed by atoms with Gasteiger partial charge in [0.1, 0.15) is 0 Å². The first-order valence-corrected chi connectivity index (χ1v) is 13.8. The minimum absolute atomic E-state index is 0.201. The third kappa shape index (κ3) is 4.91. The van der Waals surface area contributed by atoms with Crippen molar-refractivity contribution in [2.75, 3.05) is 54.9 Å². The molecule has 1 saturated carbocycles.